The molecular weight excluding hydrogens is 294 g/mol. The highest BCUT2D eigenvalue weighted by atomic mass is 16.5. The van der Waals surface area contributed by atoms with Crippen LogP contribution in [-0.2, 0) is 0 Å². The molecular formula is C17H19N3O3. The lowest BCUT2D eigenvalue weighted by Gasteiger charge is -2.38. The lowest BCUT2D eigenvalue weighted by atomic mass is 9.89. The first-order chi connectivity index (χ1) is 10.8. The first-order valence-corrected chi connectivity index (χ1v) is 7.45. The van der Waals surface area contributed by atoms with Gasteiger partial charge in [0.05, 0.1) is 18.4 Å². The van der Waals surface area contributed by atoms with E-state index < -0.39 is 5.97 Å². The molecule has 2 N–H and O–H groups in total. The van der Waals surface area contributed by atoms with Crippen molar-refractivity contribution in [2.75, 3.05) is 5.32 Å². The van der Waals surface area contributed by atoms with Crippen molar-refractivity contribution >= 4 is 11.8 Å². The van der Waals surface area contributed by atoms with E-state index in [4.69, 9.17) is 9.84 Å². The van der Waals surface area contributed by atoms with Crippen molar-refractivity contribution in [2.24, 2.45) is 0 Å². The van der Waals surface area contributed by atoms with Gasteiger partial charge in [0, 0.05) is 12.0 Å². The average molecular weight is 313 g/mol. The molecule has 0 saturated carbocycles. The average Bonchev–Trinajstić information content (AvgIpc) is 2.46. The molecule has 1 aromatic carbocycles. The van der Waals surface area contributed by atoms with E-state index >= 15 is 0 Å². The van der Waals surface area contributed by atoms with Gasteiger partial charge in [-0.2, -0.15) is 0 Å². The Bertz CT molecular complexity index is 741. The molecule has 3 rings (SSSR count). The minimum atomic E-state index is -1.09. The molecule has 0 aliphatic carbocycles. The molecule has 1 aliphatic heterocycles. The smallest absolute Gasteiger partial charge is 0.356 e. The van der Waals surface area contributed by atoms with Gasteiger partial charge >= 0.3 is 5.97 Å². The topological polar surface area (TPSA) is 84.3 Å². The zero-order chi connectivity index (χ0) is 16.6. The number of carboxylic acids is 1. The summed E-state index contributed by atoms with van der Waals surface area (Å²) in [6.45, 7) is 6.13. The van der Waals surface area contributed by atoms with Crippen LogP contribution in [0.3, 0.4) is 0 Å². The third-order valence-electron chi connectivity index (χ3n) is 3.82. The van der Waals surface area contributed by atoms with Gasteiger partial charge in [0.1, 0.15) is 17.2 Å². The Kier molecular flexibility index (Phi) is 3.67. The van der Waals surface area contributed by atoms with Crippen LogP contribution in [-0.4, -0.2) is 26.6 Å². The molecule has 2 heterocycles. The highest BCUT2D eigenvalue weighted by Gasteiger charge is 2.33. The fourth-order valence-corrected chi connectivity index (χ4v) is 2.78. The van der Waals surface area contributed by atoms with E-state index in [-0.39, 0.29) is 17.3 Å². The molecule has 2 aromatic rings. The van der Waals surface area contributed by atoms with E-state index in [2.05, 4.69) is 21.4 Å². The maximum Gasteiger partial charge on any atom is 0.356 e. The number of carboxylic acid groups (broad SMARTS) is 1. The van der Waals surface area contributed by atoms with Crippen LogP contribution in [0.1, 0.15) is 47.9 Å². The predicted octanol–water partition coefficient (Wildman–Crippen LogP) is 3.20. The van der Waals surface area contributed by atoms with Crippen LogP contribution in [0.5, 0.6) is 5.75 Å². The summed E-state index contributed by atoms with van der Waals surface area (Å²) in [7, 11) is 0. The molecule has 6 nitrogen and oxygen atoms in total. The van der Waals surface area contributed by atoms with E-state index in [1.165, 1.54) is 12.4 Å². The van der Waals surface area contributed by atoms with Gasteiger partial charge in [0.15, 0.2) is 5.69 Å². The minimum Gasteiger partial charge on any atom is -0.487 e. The second-order valence-corrected chi connectivity index (χ2v) is 6.40. The van der Waals surface area contributed by atoms with E-state index in [0.717, 1.165) is 23.3 Å². The third kappa shape index (κ3) is 3.26. The van der Waals surface area contributed by atoms with Crippen LogP contribution in [0.25, 0.3) is 0 Å². The second-order valence-electron chi connectivity index (χ2n) is 6.40. The minimum absolute atomic E-state index is 0.0272. The number of aromatic nitrogens is 2. The molecule has 23 heavy (non-hydrogen) atoms. The number of nitrogens with zero attached hydrogens (tertiary/aromatic N) is 2. The van der Waals surface area contributed by atoms with Gasteiger partial charge in [-0.15, -0.1) is 0 Å². The van der Waals surface area contributed by atoms with Crippen LogP contribution >= 0.6 is 0 Å². The number of carbonyl (C=O) groups is 1. The quantitative estimate of drug-likeness (QED) is 0.905. The normalized spacial score (nSPS) is 18.7. The summed E-state index contributed by atoms with van der Waals surface area (Å²) in [5.74, 6) is 0.329. The molecule has 0 amide bonds. The molecule has 1 atom stereocenters. The predicted molar refractivity (Wildman–Crippen MR) is 85.9 cm³/mol. The number of aromatic carboxylic acids is 1. The third-order valence-corrected chi connectivity index (χ3v) is 3.82. The summed E-state index contributed by atoms with van der Waals surface area (Å²) in [6, 6.07) is 6.16. The number of hydrogen-bond donors (Lipinski definition) is 2. The zero-order valence-corrected chi connectivity index (χ0v) is 13.3. The van der Waals surface area contributed by atoms with Crippen LogP contribution < -0.4 is 10.1 Å². The Balaban J connectivity index is 1.89. The first-order valence-electron chi connectivity index (χ1n) is 7.45. The number of aryl methyl sites for hydroxylation is 1. The first kappa shape index (κ1) is 15.3. The number of ether oxygens (including phenoxy) is 1. The molecule has 0 saturated heterocycles. The Morgan fingerprint density at radius 2 is 2.13 bits per heavy atom. The molecule has 0 fully saturated rings. The molecule has 6 heteroatoms. The molecule has 1 aliphatic rings. The van der Waals surface area contributed by atoms with Gasteiger partial charge in [0.25, 0.3) is 0 Å². The Morgan fingerprint density at radius 1 is 1.35 bits per heavy atom. The lowest BCUT2D eigenvalue weighted by Crippen LogP contribution is -2.37. The highest BCUT2D eigenvalue weighted by Crippen LogP contribution is 2.41. The summed E-state index contributed by atoms with van der Waals surface area (Å²) in [5, 5.41) is 12.2. The van der Waals surface area contributed by atoms with E-state index in [1.807, 2.05) is 32.9 Å². The van der Waals surface area contributed by atoms with Crippen molar-refractivity contribution < 1.29 is 14.6 Å². The number of fused-ring (bicyclic) bond motifs is 1. The van der Waals surface area contributed by atoms with Crippen LogP contribution in [0.15, 0.2) is 30.6 Å². The molecule has 1 aromatic heterocycles. The van der Waals surface area contributed by atoms with Crippen molar-refractivity contribution in [2.45, 2.75) is 38.8 Å². The van der Waals surface area contributed by atoms with E-state index in [9.17, 15) is 4.79 Å². The van der Waals surface area contributed by atoms with Crippen molar-refractivity contribution in [3.63, 3.8) is 0 Å². The monoisotopic (exact) mass is 313 g/mol. The van der Waals surface area contributed by atoms with Crippen molar-refractivity contribution in [1.29, 1.82) is 0 Å². The Hall–Kier alpha value is -2.63. The lowest BCUT2D eigenvalue weighted by molar-refractivity contribution is 0.0689. The molecule has 0 spiro atoms. The number of benzene rings is 1. The number of anilines is 1. The summed E-state index contributed by atoms with van der Waals surface area (Å²) >= 11 is 0. The van der Waals surface area contributed by atoms with Crippen LogP contribution in [0.2, 0.25) is 0 Å². The molecule has 120 valence electrons. The van der Waals surface area contributed by atoms with E-state index in [0.29, 0.717) is 5.82 Å². The van der Waals surface area contributed by atoms with Gasteiger partial charge in [-0.05, 0) is 32.4 Å². The molecule has 1 unspecified atom stereocenters. The fourth-order valence-electron chi connectivity index (χ4n) is 2.78. The van der Waals surface area contributed by atoms with Gasteiger partial charge < -0.3 is 15.2 Å². The van der Waals surface area contributed by atoms with Crippen molar-refractivity contribution in [3.05, 3.63) is 47.4 Å². The summed E-state index contributed by atoms with van der Waals surface area (Å²) in [6.07, 6.45) is 3.47. The summed E-state index contributed by atoms with van der Waals surface area (Å²) < 4.78 is 6.06. The van der Waals surface area contributed by atoms with Crippen molar-refractivity contribution in [1.82, 2.24) is 9.97 Å². The van der Waals surface area contributed by atoms with E-state index in [1.54, 1.807) is 0 Å². The Morgan fingerprint density at radius 3 is 2.78 bits per heavy atom. The largest absolute Gasteiger partial charge is 0.487 e. The van der Waals surface area contributed by atoms with Crippen LogP contribution in [0.4, 0.5) is 5.82 Å². The van der Waals surface area contributed by atoms with Gasteiger partial charge in [-0.25, -0.2) is 14.8 Å². The fraction of sp³-hybridized carbons (Fsp3) is 0.353. The van der Waals surface area contributed by atoms with Crippen LogP contribution in [0, 0.1) is 6.92 Å². The number of nitrogens with one attached hydrogen (secondary N) is 1. The zero-order valence-electron chi connectivity index (χ0n) is 13.3. The number of rotatable bonds is 3. The van der Waals surface area contributed by atoms with Gasteiger partial charge in [-0.3, -0.25) is 0 Å². The summed E-state index contributed by atoms with van der Waals surface area (Å²) in [4.78, 5) is 18.9. The van der Waals surface area contributed by atoms with Crippen molar-refractivity contribution in [3.8, 4) is 5.75 Å². The standard InChI is InChI=1S/C17H19N3O3/c1-10-4-5-11-12(7-17(2,3)23-14(11)6-10)20-15-9-18-13(8-19-15)16(21)22/h4-6,8-9,12H,7H2,1-3H3,(H,19,20)(H,21,22). The SMILES string of the molecule is Cc1ccc2c(c1)OC(C)(C)CC2Nc1cnc(C(=O)O)cn1. The number of hydrogen-bond acceptors (Lipinski definition) is 5. The maximum atomic E-state index is 10.8. The second kappa shape index (κ2) is 5.53. The molecule has 0 radical (unpaired) electrons. The molecule has 0 bridgehead atoms. The van der Waals surface area contributed by atoms with Gasteiger partial charge in [-0.1, -0.05) is 12.1 Å². The highest BCUT2D eigenvalue weighted by molar-refractivity contribution is 5.84. The summed E-state index contributed by atoms with van der Waals surface area (Å²) in [5.41, 5.74) is 1.84. The van der Waals surface area contributed by atoms with Gasteiger partial charge in [0.2, 0.25) is 0 Å². The maximum absolute atomic E-state index is 10.8. The Labute approximate surface area is 134 Å².